The van der Waals surface area contributed by atoms with Gasteiger partial charge < -0.3 is 4.74 Å². The highest BCUT2D eigenvalue weighted by Gasteiger charge is 2.26. The molecule has 0 saturated carbocycles. The SMILES string of the molecule is Cc1ccnc(N(C(=O)OC(C)(C)C)c2ccc(C(C)(C)C)cc2)c1. The molecule has 0 aliphatic heterocycles. The van der Waals surface area contributed by atoms with Crippen molar-refractivity contribution in [3.63, 3.8) is 0 Å². The van der Waals surface area contributed by atoms with E-state index in [0.717, 1.165) is 11.3 Å². The highest BCUT2D eigenvalue weighted by Crippen LogP contribution is 2.30. The van der Waals surface area contributed by atoms with Crippen LogP contribution < -0.4 is 4.90 Å². The van der Waals surface area contributed by atoms with Crippen molar-refractivity contribution >= 4 is 17.6 Å². The number of nitrogens with zero attached hydrogens (tertiary/aromatic N) is 2. The summed E-state index contributed by atoms with van der Waals surface area (Å²) in [6.07, 6.45) is 1.26. The van der Waals surface area contributed by atoms with Gasteiger partial charge in [0.05, 0.1) is 5.69 Å². The number of aromatic nitrogens is 1. The molecular formula is C21H28N2O2. The zero-order valence-corrected chi connectivity index (χ0v) is 16.3. The number of ether oxygens (including phenoxy) is 1. The first-order valence-corrected chi connectivity index (χ1v) is 8.54. The third kappa shape index (κ3) is 5.05. The van der Waals surface area contributed by atoms with Crippen LogP contribution in [0.4, 0.5) is 16.3 Å². The van der Waals surface area contributed by atoms with E-state index in [9.17, 15) is 4.79 Å². The molecule has 0 N–H and O–H groups in total. The first-order chi connectivity index (χ1) is 11.5. The van der Waals surface area contributed by atoms with Crippen molar-refractivity contribution in [2.75, 3.05) is 4.90 Å². The molecule has 134 valence electrons. The molecule has 1 heterocycles. The van der Waals surface area contributed by atoms with E-state index in [4.69, 9.17) is 4.74 Å². The van der Waals surface area contributed by atoms with E-state index in [1.165, 1.54) is 10.5 Å². The highest BCUT2D eigenvalue weighted by molar-refractivity contribution is 5.95. The third-order valence-electron chi connectivity index (χ3n) is 3.70. The minimum absolute atomic E-state index is 0.0524. The molecule has 25 heavy (non-hydrogen) atoms. The normalized spacial score (nSPS) is 12.0. The molecule has 0 bridgehead atoms. The molecule has 1 amide bonds. The van der Waals surface area contributed by atoms with Crippen LogP contribution in [-0.2, 0) is 10.2 Å². The molecular weight excluding hydrogens is 312 g/mol. The van der Waals surface area contributed by atoms with Crippen molar-refractivity contribution in [2.24, 2.45) is 0 Å². The van der Waals surface area contributed by atoms with Gasteiger partial charge in [0.25, 0.3) is 0 Å². The van der Waals surface area contributed by atoms with Gasteiger partial charge in [-0.1, -0.05) is 32.9 Å². The summed E-state index contributed by atoms with van der Waals surface area (Å²) in [5.41, 5.74) is 2.45. The average Bonchev–Trinajstić information content (AvgIpc) is 2.45. The van der Waals surface area contributed by atoms with Crippen LogP contribution in [0.25, 0.3) is 0 Å². The van der Waals surface area contributed by atoms with Gasteiger partial charge in [-0.05, 0) is 68.5 Å². The van der Waals surface area contributed by atoms with Crippen molar-refractivity contribution in [2.45, 2.75) is 59.5 Å². The van der Waals surface area contributed by atoms with E-state index in [1.54, 1.807) is 6.20 Å². The van der Waals surface area contributed by atoms with Crippen LogP contribution >= 0.6 is 0 Å². The summed E-state index contributed by atoms with van der Waals surface area (Å²) in [5.74, 6) is 0.553. The fraction of sp³-hybridized carbons (Fsp3) is 0.429. The number of carbonyl (C=O) groups is 1. The average molecular weight is 340 g/mol. The van der Waals surface area contributed by atoms with Crippen molar-refractivity contribution in [1.82, 2.24) is 4.98 Å². The summed E-state index contributed by atoms with van der Waals surface area (Å²) in [4.78, 5) is 18.7. The van der Waals surface area contributed by atoms with Gasteiger partial charge in [-0.2, -0.15) is 0 Å². The zero-order valence-electron chi connectivity index (χ0n) is 16.3. The first kappa shape index (κ1) is 19.0. The molecule has 0 aliphatic carbocycles. The Labute approximate surface area is 150 Å². The van der Waals surface area contributed by atoms with Crippen LogP contribution in [0.5, 0.6) is 0 Å². The Balaban J connectivity index is 2.46. The van der Waals surface area contributed by atoms with Crippen molar-refractivity contribution in [3.05, 3.63) is 53.7 Å². The summed E-state index contributed by atoms with van der Waals surface area (Å²) >= 11 is 0. The second-order valence-electron chi connectivity index (χ2n) is 8.30. The number of rotatable bonds is 2. The van der Waals surface area contributed by atoms with Crippen LogP contribution in [0.1, 0.15) is 52.7 Å². The Morgan fingerprint density at radius 3 is 2.08 bits per heavy atom. The standard InChI is InChI=1S/C21H28N2O2/c1-15-12-13-22-18(14-15)23(19(24)25-21(5,6)7)17-10-8-16(9-11-17)20(2,3)4/h8-14H,1-7H3. The van der Waals surface area contributed by atoms with Crippen LogP contribution in [0.2, 0.25) is 0 Å². The van der Waals surface area contributed by atoms with Gasteiger partial charge in [0.2, 0.25) is 0 Å². The maximum absolute atomic E-state index is 12.8. The minimum atomic E-state index is -0.579. The molecule has 4 heteroatoms. The van der Waals surface area contributed by atoms with Gasteiger partial charge in [0, 0.05) is 6.20 Å². The number of anilines is 2. The Morgan fingerprint density at radius 1 is 1.00 bits per heavy atom. The van der Waals surface area contributed by atoms with Gasteiger partial charge in [0.1, 0.15) is 11.4 Å². The van der Waals surface area contributed by atoms with Crippen molar-refractivity contribution in [1.29, 1.82) is 0 Å². The molecule has 0 saturated heterocycles. The number of pyridine rings is 1. The summed E-state index contributed by atoms with van der Waals surface area (Å²) in [7, 11) is 0. The summed E-state index contributed by atoms with van der Waals surface area (Å²) in [5, 5.41) is 0. The van der Waals surface area contributed by atoms with Crippen LogP contribution in [0, 0.1) is 6.92 Å². The first-order valence-electron chi connectivity index (χ1n) is 8.54. The smallest absolute Gasteiger partial charge is 0.420 e. The maximum atomic E-state index is 12.8. The van der Waals surface area contributed by atoms with Gasteiger partial charge >= 0.3 is 6.09 Å². The van der Waals surface area contributed by atoms with Gasteiger partial charge in [-0.15, -0.1) is 0 Å². The quantitative estimate of drug-likeness (QED) is 0.698. The molecule has 0 spiro atoms. The number of aryl methyl sites for hydroxylation is 1. The Hall–Kier alpha value is -2.36. The lowest BCUT2D eigenvalue weighted by atomic mass is 9.87. The van der Waals surface area contributed by atoms with Crippen LogP contribution in [0.15, 0.2) is 42.6 Å². The lowest BCUT2D eigenvalue weighted by Gasteiger charge is -2.27. The molecule has 1 aromatic heterocycles. The molecule has 2 aromatic rings. The maximum Gasteiger partial charge on any atom is 0.420 e. The largest absolute Gasteiger partial charge is 0.443 e. The van der Waals surface area contributed by atoms with Gasteiger partial charge in [0.15, 0.2) is 0 Å². The summed E-state index contributed by atoms with van der Waals surface area (Å²) in [6, 6.07) is 11.7. The topological polar surface area (TPSA) is 42.4 Å². The number of carbonyl (C=O) groups excluding carboxylic acids is 1. The lowest BCUT2D eigenvalue weighted by molar-refractivity contribution is 0.0598. The lowest BCUT2D eigenvalue weighted by Crippen LogP contribution is -2.34. The van der Waals surface area contributed by atoms with Crippen molar-refractivity contribution < 1.29 is 9.53 Å². The molecule has 0 aliphatic rings. The summed E-state index contributed by atoms with van der Waals surface area (Å²) < 4.78 is 5.59. The van der Waals surface area contributed by atoms with Crippen molar-refractivity contribution in [3.8, 4) is 0 Å². The molecule has 0 fully saturated rings. The zero-order chi connectivity index (χ0) is 18.8. The second kappa shape index (κ2) is 6.87. The molecule has 0 atom stereocenters. The van der Waals surface area contributed by atoms with E-state index >= 15 is 0 Å². The second-order valence-corrected chi connectivity index (χ2v) is 8.30. The Bertz CT molecular complexity index is 738. The van der Waals surface area contributed by atoms with E-state index in [-0.39, 0.29) is 5.41 Å². The van der Waals surface area contributed by atoms with E-state index < -0.39 is 11.7 Å². The molecule has 4 nitrogen and oxygen atoms in total. The van der Waals surface area contributed by atoms with Crippen LogP contribution in [0.3, 0.4) is 0 Å². The number of hydrogen-bond donors (Lipinski definition) is 0. The number of benzene rings is 1. The number of amides is 1. The Kier molecular flexibility index (Phi) is 5.21. The third-order valence-corrected chi connectivity index (χ3v) is 3.70. The monoisotopic (exact) mass is 340 g/mol. The number of hydrogen-bond acceptors (Lipinski definition) is 3. The molecule has 0 radical (unpaired) electrons. The molecule has 0 unspecified atom stereocenters. The molecule has 1 aromatic carbocycles. The van der Waals surface area contributed by atoms with Gasteiger partial charge in [-0.25, -0.2) is 14.7 Å². The van der Waals surface area contributed by atoms with E-state index in [2.05, 4.69) is 25.8 Å². The fourth-order valence-corrected chi connectivity index (χ4v) is 2.39. The minimum Gasteiger partial charge on any atom is -0.443 e. The fourth-order valence-electron chi connectivity index (χ4n) is 2.39. The van der Waals surface area contributed by atoms with E-state index in [1.807, 2.05) is 64.1 Å². The molecule has 2 rings (SSSR count). The predicted octanol–water partition coefficient (Wildman–Crippen LogP) is 5.76. The predicted molar refractivity (Wildman–Crippen MR) is 102 cm³/mol. The van der Waals surface area contributed by atoms with Gasteiger partial charge in [-0.3, -0.25) is 0 Å². The summed E-state index contributed by atoms with van der Waals surface area (Å²) in [6.45, 7) is 14.0. The van der Waals surface area contributed by atoms with Crippen LogP contribution in [-0.4, -0.2) is 16.7 Å². The Morgan fingerprint density at radius 2 is 1.60 bits per heavy atom. The van der Waals surface area contributed by atoms with E-state index in [0.29, 0.717) is 5.82 Å². The highest BCUT2D eigenvalue weighted by atomic mass is 16.6.